The molecule has 0 aliphatic carbocycles. The number of amides is 1. The van der Waals surface area contributed by atoms with E-state index in [-0.39, 0.29) is 30.1 Å². The largest absolute Gasteiger partial charge is 0.309 e. The summed E-state index contributed by atoms with van der Waals surface area (Å²) in [6.07, 6.45) is 2.28. The summed E-state index contributed by atoms with van der Waals surface area (Å²) < 4.78 is 0. The van der Waals surface area contributed by atoms with E-state index in [0.29, 0.717) is 13.0 Å². The number of halogens is 1. The van der Waals surface area contributed by atoms with Gasteiger partial charge in [-0.2, -0.15) is 0 Å². The normalized spacial score (nSPS) is 15.0. The molecular weight excluding hydrogens is 360 g/mol. The second-order valence-corrected chi connectivity index (χ2v) is 6.75. The van der Waals surface area contributed by atoms with Crippen molar-refractivity contribution in [2.75, 3.05) is 24.5 Å². The first kappa shape index (κ1) is 21.1. The smallest absolute Gasteiger partial charge is 0.226 e. The molecule has 3 rings (SSSR count). The second kappa shape index (κ2) is 10.2. The Labute approximate surface area is 167 Å². The predicted octanol–water partition coefficient (Wildman–Crippen LogP) is 4.20. The zero-order valence-electron chi connectivity index (χ0n) is 15.7. The van der Waals surface area contributed by atoms with Crippen molar-refractivity contribution in [2.45, 2.75) is 32.2 Å². The Kier molecular flexibility index (Phi) is 8.01. The van der Waals surface area contributed by atoms with E-state index in [4.69, 9.17) is 0 Å². The summed E-state index contributed by atoms with van der Waals surface area (Å²) in [6.45, 7) is 4.03. The van der Waals surface area contributed by atoms with Crippen LogP contribution in [-0.2, 0) is 4.79 Å². The van der Waals surface area contributed by atoms with E-state index < -0.39 is 0 Å². The maximum absolute atomic E-state index is 12.5. The summed E-state index contributed by atoms with van der Waals surface area (Å²) in [7, 11) is 0. The summed E-state index contributed by atoms with van der Waals surface area (Å²) in [5.41, 5.74) is 1.74. The van der Waals surface area contributed by atoms with Crippen molar-refractivity contribution in [1.82, 2.24) is 4.90 Å². The summed E-state index contributed by atoms with van der Waals surface area (Å²) in [5, 5.41) is 0. The molecule has 2 aromatic rings. The minimum Gasteiger partial charge on any atom is -0.309 e. The van der Waals surface area contributed by atoms with E-state index in [0.717, 1.165) is 37.2 Å². The molecule has 0 unspecified atom stereocenters. The first-order chi connectivity index (χ1) is 12.7. The molecule has 0 saturated carbocycles. The lowest BCUT2D eigenvalue weighted by atomic mass is 10.0. The van der Waals surface area contributed by atoms with Crippen LogP contribution in [0.4, 0.5) is 5.69 Å². The van der Waals surface area contributed by atoms with Crippen molar-refractivity contribution >= 4 is 29.8 Å². The van der Waals surface area contributed by atoms with Crippen LogP contribution < -0.4 is 4.90 Å². The molecule has 0 bridgehead atoms. The van der Waals surface area contributed by atoms with Crippen molar-refractivity contribution in [3.8, 4) is 0 Å². The van der Waals surface area contributed by atoms with Crippen molar-refractivity contribution < 1.29 is 9.59 Å². The molecule has 1 aliphatic rings. The number of Topliss-reactive ketones (excluding diaryl/α,β-unsaturated/α-hetero) is 1. The fraction of sp³-hybridized carbons (Fsp3) is 0.364. The molecule has 0 radical (unpaired) electrons. The van der Waals surface area contributed by atoms with Gasteiger partial charge in [0.15, 0.2) is 5.78 Å². The van der Waals surface area contributed by atoms with Crippen LogP contribution in [0.5, 0.6) is 0 Å². The maximum atomic E-state index is 12.5. The number of carbonyl (C=O) groups excluding carboxylic acids is 2. The Hall–Kier alpha value is -2.17. The molecule has 0 N–H and O–H groups in total. The van der Waals surface area contributed by atoms with Crippen LogP contribution >= 0.6 is 12.4 Å². The number of para-hydroxylation sites is 1. The Morgan fingerprint density at radius 1 is 0.963 bits per heavy atom. The van der Waals surface area contributed by atoms with Crippen LogP contribution in [0, 0.1) is 0 Å². The third-order valence-electron chi connectivity index (χ3n) is 4.99. The van der Waals surface area contributed by atoms with Gasteiger partial charge in [-0.1, -0.05) is 55.5 Å². The number of nitrogens with zero attached hydrogens (tertiary/aromatic N) is 2. The number of ketones is 1. The first-order valence-electron chi connectivity index (χ1n) is 9.36. The van der Waals surface area contributed by atoms with Crippen molar-refractivity contribution in [2.24, 2.45) is 0 Å². The molecule has 1 amide bonds. The summed E-state index contributed by atoms with van der Waals surface area (Å²) in [5.74, 6) is 0.323. The molecule has 1 fully saturated rings. The van der Waals surface area contributed by atoms with E-state index in [1.54, 1.807) is 0 Å². The molecule has 1 aliphatic heterocycles. The van der Waals surface area contributed by atoms with Crippen LogP contribution in [0.1, 0.15) is 36.5 Å². The van der Waals surface area contributed by atoms with Gasteiger partial charge in [-0.05, 0) is 25.0 Å². The number of benzene rings is 2. The number of anilines is 1. The average Bonchev–Trinajstić information content (AvgIpc) is 2.71. The lowest BCUT2D eigenvalue weighted by Gasteiger charge is -2.38. The van der Waals surface area contributed by atoms with Crippen molar-refractivity contribution in [3.05, 3.63) is 66.2 Å². The number of rotatable bonds is 6. The minimum absolute atomic E-state index is 0. The highest BCUT2D eigenvalue weighted by molar-refractivity contribution is 5.97. The van der Waals surface area contributed by atoms with Gasteiger partial charge < -0.3 is 4.90 Å². The Balaban J connectivity index is 0.00000261. The molecule has 5 heteroatoms. The molecule has 27 heavy (non-hydrogen) atoms. The van der Waals surface area contributed by atoms with Crippen LogP contribution in [0.2, 0.25) is 0 Å². The van der Waals surface area contributed by atoms with E-state index >= 15 is 0 Å². The molecule has 4 nitrogen and oxygen atoms in total. The fourth-order valence-corrected chi connectivity index (χ4v) is 3.57. The lowest BCUT2D eigenvalue weighted by Crippen LogP contribution is -2.48. The van der Waals surface area contributed by atoms with Crippen molar-refractivity contribution in [1.29, 1.82) is 0 Å². The second-order valence-electron chi connectivity index (χ2n) is 6.75. The van der Waals surface area contributed by atoms with Gasteiger partial charge >= 0.3 is 0 Å². The molecule has 0 aromatic heterocycles. The standard InChI is InChI=1S/C22H26N2O2.ClH/c1-2-22(26)24(19-11-7-4-8-12-19)20-13-15-23(16-14-20)17-21(25)18-9-5-3-6-10-18;/h3-12,20H,2,13-17H2,1H3;1H. The van der Waals surface area contributed by atoms with E-state index in [9.17, 15) is 9.59 Å². The molecule has 144 valence electrons. The van der Waals surface area contributed by atoms with Gasteiger partial charge in [-0.15, -0.1) is 12.4 Å². The predicted molar refractivity (Wildman–Crippen MR) is 112 cm³/mol. The van der Waals surface area contributed by atoms with E-state index in [1.807, 2.05) is 72.5 Å². The van der Waals surface area contributed by atoms with E-state index in [1.165, 1.54) is 0 Å². The quantitative estimate of drug-likeness (QED) is 0.698. The number of carbonyl (C=O) groups is 2. The summed E-state index contributed by atoms with van der Waals surface area (Å²) in [6, 6.07) is 19.6. The molecule has 0 spiro atoms. The SMILES string of the molecule is CCC(=O)N(c1ccccc1)C1CCN(CC(=O)c2ccccc2)CC1.Cl. The van der Waals surface area contributed by atoms with Crippen LogP contribution in [0.3, 0.4) is 0 Å². The highest BCUT2D eigenvalue weighted by Crippen LogP contribution is 2.24. The first-order valence-corrected chi connectivity index (χ1v) is 9.36. The maximum Gasteiger partial charge on any atom is 0.226 e. The van der Waals surface area contributed by atoms with Gasteiger partial charge in [0, 0.05) is 36.8 Å². The minimum atomic E-state index is 0. The molecular formula is C22H27ClN2O2. The Morgan fingerprint density at radius 3 is 2.07 bits per heavy atom. The van der Waals surface area contributed by atoms with Crippen molar-refractivity contribution in [3.63, 3.8) is 0 Å². The number of hydrogen-bond donors (Lipinski definition) is 0. The lowest BCUT2D eigenvalue weighted by molar-refractivity contribution is -0.119. The summed E-state index contributed by atoms with van der Waals surface area (Å²) in [4.78, 5) is 29.1. The monoisotopic (exact) mass is 386 g/mol. The third-order valence-corrected chi connectivity index (χ3v) is 4.99. The van der Waals surface area contributed by atoms with Gasteiger partial charge in [0.2, 0.25) is 5.91 Å². The van der Waals surface area contributed by atoms with Gasteiger partial charge in [0.1, 0.15) is 0 Å². The Bertz CT molecular complexity index is 728. The average molecular weight is 387 g/mol. The topological polar surface area (TPSA) is 40.6 Å². The highest BCUT2D eigenvalue weighted by Gasteiger charge is 2.29. The van der Waals surface area contributed by atoms with Crippen LogP contribution in [-0.4, -0.2) is 42.3 Å². The van der Waals surface area contributed by atoms with Gasteiger partial charge in [0.25, 0.3) is 0 Å². The number of likely N-dealkylation sites (tertiary alicyclic amines) is 1. The summed E-state index contributed by atoms with van der Waals surface area (Å²) >= 11 is 0. The molecule has 1 saturated heterocycles. The van der Waals surface area contributed by atoms with Crippen LogP contribution in [0.15, 0.2) is 60.7 Å². The Morgan fingerprint density at radius 2 is 1.52 bits per heavy atom. The number of hydrogen-bond acceptors (Lipinski definition) is 3. The van der Waals surface area contributed by atoms with Gasteiger partial charge in [-0.25, -0.2) is 0 Å². The zero-order valence-corrected chi connectivity index (χ0v) is 16.5. The third kappa shape index (κ3) is 5.41. The highest BCUT2D eigenvalue weighted by atomic mass is 35.5. The molecule has 1 heterocycles. The van der Waals surface area contributed by atoms with E-state index in [2.05, 4.69) is 4.90 Å². The fourth-order valence-electron chi connectivity index (χ4n) is 3.57. The number of piperidine rings is 1. The molecule has 2 aromatic carbocycles. The molecule has 0 atom stereocenters. The zero-order chi connectivity index (χ0) is 18.4. The van der Waals surface area contributed by atoms with Gasteiger partial charge in [0.05, 0.1) is 6.54 Å². The van der Waals surface area contributed by atoms with Gasteiger partial charge in [-0.3, -0.25) is 14.5 Å². The van der Waals surface area contributed by atoms with Crippen LogP contribution in [0.25, 0.3) is 0 Å².